The van der Waals surface area contributed by atoms with Gasteiger partial charge in [-0.1, -0.05) is 0 Å². The summed E-state index contributed by atoms with van der Waals surface area (Å²) in [5, 5.41) is 11.9. The molecule has 2 aromatic rings. The molecule has 1 atom stereocenters. The van der Waals surface area contributed by atoms with Gasteiger partial charge in [-0.25, -0.2) is 9.97 Å². The van der Waals surface area contributed by atoms with E-state index in [2.05, 4.69) is 22.2 Å². The molecule has 6 N–H and O–H groups in total. The standard InChI is InChI=1S/C17H23N5O2/c1-17(4-5-17)24-11-2-3-13(18)12(8-11)16(19)14-9-15(20-6-7-23)22-10-21-14/h2-3,8-10,16,23H,4-7,18-19H2,1H3,(H,20,21,22). The summed E-state index contributed by atoms with van der Waals surface area (Å²) in [6.07, 6.45) is 3.56. The van der Waals surface area contributed by atoms with Gasteiger partial charge in [-0.05, 0) is 38.0 Å². The van der Waals surface area contributed by atoms with E-state index in [9.17, 15) is 0 Å². The summed E-state index contributed by atoms with van der Waals surface area (Å²) in [6.45, 7) is 2.53. The molecule has 1 aromatic heterocycles. The average molecular weight is 329 g/mol. The second-order valence-electron chi connectivity index (χ2n) is 6.30. The van der Waals surface area contributed by atoms with Crippen LogP contribution in [0.5, 0.6) is 5.75 Å². The zero-order valence-electron chi connectivity index (χ0n) is 13.7. The van der Waals surface area contributed by atoms with Crippen LogP contribution in [0.4, 0.5) is 11.5 Å². The fourth-order valence-corrected chi connectivity index (χ4v) is 2.43. The highest BCUT2D eigenvalue weighted by atomic mass is 16.5. The molecule has 1 aliphatic rings. The summed E-state index contributed by atoms with van der Waals surface area (Å²) < 4.78 is 5.99. The molecule has 0 aliphatic heterocycles. The predicted octanol–water partition coefficient (Wildman–Crippen LogP) is 1.44. The first-order valence-electron chi connectivity index (χ1n) is 8.01. The Kier molecular flexibility index (Phi) is 4.55. The number of anilines is 2. The molecule has 1 aliphatic carbocycles. The normalized spacial score (nSPS) is 16.5. The van der Waals surface area contributed by atoms with Crippen LogP contribution >= 0.6 is 0 Å². The summed E-state index contributed by atoms with van der Waals surface area (Å²) >= 11 is 0. The smallest absolute Gasteiger partial charge is 0.129 e. The molecule has 128 valence electrons. The Bertz CT molecular complexity index is 718. The highest BCUT2D eigenvalue weighted by Crippen LogP contribution is 2.40. The van der Waals surface area contributed by atoms with Gasteiger partial charge < -0.3 is 26.6 Å². The van der Waals surface area contributed by atoms with Crippen LogP contribution in [0.1, 0.15) is 37.1 Å². The highest BCUT2D eigenvalue weighted by Gasteiger charge is 2.40. The number of hydrogen-bond donors (Lipinski definition) is 4. The Balaban J connectivity index is 1.83. The maximum absolute atomic E-state index is 8.89. The van der Waals surface area contributed by atoms with E-state index >= 15 is 0 Å². The number of aliphatic hydroxyl groups excluding tert-OH is 1. The molecule has 3 rings (SSSR count). The second-order valence-corrected chi connectivity index (χ2v) is 6.30. The summed E-state index contributed by atoms with van der Waals surface area (Å²) in [6, 6.07) is 6.83. The van der Waals surface area contributed by atoms with Crippen LogP contribution in [0, 0.1) is 0 Å². The third kappa shape index (κ3) is 3.74. The fourth-order valence-electron chi connectivity index (χ4n) is 2.43. The number of aromatic nitrogens is 2. The van der Waals surface area contributed by atoms with Crippen molar-refractivity contribution in [1.29, 1.82) is 0 Å². The van der Waals surface area contributed by atoms with E-state index in [1.807, 2.05) is 18.2 Å². The minimum atomic E-state index is -0.488. The molecule has 1 heterocycles. The van der Waals surface area contributed by atoms with E-state index in [0.717, 1.165) is 24.2 Å². The third-order valence-corrected chi connectivity index (χ3v) is 4.14. The van der Waals surface area contributed by atoms with Gasteiger partial charge in [0.05, 0.1) is 18.3 Å². The number of ether oxygens (including phenoxy) is 1. The number of nitrogens with one attached hydrogen (secondary N) is 1. The monoisotopic (exact) mass is 329 g/mol. The second kappa shape index (κ2) is 6.62. The van der Waals surface area contributed by atoms with Gasteiger partial charge in [0, 0.05) is 23.9 Å². The molecule has 1 unspecified atom stereocenters. The SMILES string of the molecule is CC1(Oc2ccc(N)c(C(N)c3cc(NCCO)ncn3)c2)CC1. The van der Waals surface area contributed by atoms with Crippen molar-refractivity contribution in [3.05, 3.63) is 41.9 Å². The molecule has 7 heteroatoms. The number of nitrogens with zero attached hydrogens (tertiary/aromatic N) is 2. The van der Waals surface area contributed by atoms with Crippen LogP contribution in [-0.4, -0.2) is 33.8 Å². The van der Waals surface area contributed by atoms with Gasteiger partial charge in [0.25, 0.3) is 0 Å². The van der Waals surface area contributed by atoms with Crippen molar-refractivity contribution in [3.63, 3.8) is 0 Å². The van der Waals surface area contributed by atoms with Crippen molar-refractivity contribution in [2.24, 2.45) is 5.73 Å². The summed E-state index contributed by atoms with van der Waals surface area (Å²) in [7, 11) is 0. The molecule has 1 aromatic carbocycles. The molecule has 0 spiro atoms. The average Bonchev–Trinajstić information content (AvgIpc) is 3.31. The number of benzene rings is 1. The number of nitrogen functional groups attached to an aromatic ring is 1. The Morgan fingerprint density at radius 1 is 1.33 bits per heavy atom. The Labute approximate surface area is 141 Å². The molecule has 0 bridgehead atoms. The van der Waals surface area contributed by atoms with Gasteiger partial charge in [-0.2, -0.15) is 0 Å². The van der Waals surface area contributed by atoms with Crippen molar-refractivity contribution in [2.45, 2.75) is 31.4 Å². The van der Waals surface area contributed by atoms with Crippen LogP contribution in [0.15, 0.2) is 30.6 Å². The lowest BCUT2D eigenvalue weighted by Crippen LogP contribution is -2.18. The van der Waals surface area contributed by atoms with Crippen molar-refractivity contribution in [2.75, 3.05) is 24.2 Å². The van der Waals surface area contributed by atoms with Crippen LogP contribution in [-0.2, 0) is 0 Å². The molecule has 0 amide bonds. The number of hydrogen-bond acceptors (Lipinski definition) is 7. The predicted molar refractivity (Wildman–Crippen MR) is 92.8 cm³/mol. The highest BCUT2D eigenvalue weighted by molar-refractivity contribution is 5.54. The molecule has 0 radical (unpaired) electrons. The van der Waals surface area contributed by atoms with Crippen LogP contribution in [0.2, 0.25) is 0 Å². The summed E-state index contributed by atoms with van der Waals surface area (Å²) in [4.78, 5) is 8.35. The first kappa shape index (κ1) is 16.5. The molecular formula is C17H23N5O2. The first-order valence-corrected chi connectivity index (χ1v) is 8.01. The summed E-state index contributed by atoms with van der Waals surface area (Å²) in [5.41, 5.74) is 14.4. The largest absolute Gasteiger partial charge is 0.488 e. The van der Waals surface area contributed by atoms with Crippen molar-refractivity contribution < 1.29 is 9.84 Å². The van der Waals surface area contributed by atoms with Crippen molar-refractivity contribution in [1.82, 2.24) is 9.97 Å². The molecular weight excluding hydrogens is 306 g/mol. The fraction of sp³-hybridized carbons (Fsp3) is 0.412. The lowest BCUT2D eigenvalue weighted by Gasteiger charge is -2.18. The van der Waals surface area contributed by atoms with Gasteiger partial charge in [0.2, 0.25) is 0 Å². The van der Waals surface area contributed by atoms with Crippen molar-refractivity contribution in [3.8, 4) is 5.75 Å². The van der Waals surface area contributed by atoms with Crippen molar-refractivity contribution >= 4 is 11.5 Å². The number of rotatable bonds is 7. The van der Waals surface area contributed by atoms with Gasteiger partial charge in [0.15, 0.2) is 0 Å². The quantitative estimate of drug-likeness (QED) is 0.567. The van der Waals surface area contributed by atoms with E-state index in [0.29, 0.717) is 23.7 Å². The van der Waals surface area contributed by atoms with Gasteiger partial charge >= 0.3 is 0 Å². The zero-order valence-corrected chi connectivity index (χ0v) is 13.7. The first-order chi connectivity index (χ1) is 11.5. The minimum Gasteiger partial charge on any atom is -0.488 e. The Morgan fingerprint density at radius 3 is 2.83 bits per heavy atom. The van der Waals surface area contributed by atoms with Gasteiger partial charge in [-0.3, -0.25) is 0 Å². The topological polar surface area (TPSA) is 119 Å². The summed E-state index contributed by atoms with van der Waals surface area (Å²) in [5.74, 6) is 1.38. The van der Waals surface area contributed by atoms with Crippen LogP contribution < -0.4 is 21.5 Å². The molecule has 1 saturated carbocycles. The lowest BCUT2D eigenvalue weighted by molar-refractivity contribution is 0.200. The van der Waals surface area contributed by atoms with E-state index in [1.54, 1.807) is 6.07 Å². The maximum atomic E-state index is 8.89. The van der Waals surface area contributed by atoms with E-state index in [-0.39, 0.29) is 12.2 Å². The van der Waals surface area contributed by atoms with E-state index in [1.165, 1.54) is 6.33 Å². The zero-order chi connectivity index (χ0) is 17.2. The lowest BCUT2D eigenvalue weighted by atomic mass is 10.0. The molecule has 24 heavy (non-hydrogen) atoms. The third-order valence-electron chi connectivity index (χ3n) is 4.14. The molecule has 7 nitrogen and oxygen atoms in total. The number of nitrogens with two attached hydrogens (primary N) is 2. The Hall–Kier alpha value is -2.38. The number of aliphatic hydroxyl groups is 1. The Morgan fingerprint density at radius 2 is 2.12 bits per heavy atom. The van der Waals surface area contributed by atoms with Gasteiger partial charge in [0.1, 0.15) is 23.5 Å². The minimum absolute atomic E-state index is 0.0243. The van der Waals surface area contributed by atoms with E-state index in [4.69, 9.17) is 21.3 Å². The molecule has 1 fully saturated rings. The van der Waals surface area contributed by atoms with Crippen LogP contribution in [0.25, 0.3) is 0 Å². The molecule has 0 saturated heterocycles. The van der Waals surface area contributed by atoms with E-state index < -0.39 is 6.04 Å². The van der Waals surface area contributed by atoms with Gasteiger partial charge in [-0.15, -0.1) is 0 Å². The van der Waals surface area contributed by atoms with Crippen LogP contribution in [0.3, 0.4) is 0 Å². The maximum Gasteiger partial charge on any atom is 0.129 e.